The van der Waals surface area contributed by atoms with Gasteiger partial charge in [-0.25, -0.2) is 4.79 Å². The highest BCUT2D eigenvalue weighted by Crippen LogP contribution is 2.32. The molecule has 8 nitrogen and oxygen atoms in total. The van der Waals surface area contributed by atoms with Crippen molar-refractivity contribution in [2.75, 3.05) is 43.4 Å². The van der Waals surface area contributed by atoms with Crippen LogP contribution in [0.15, 0.2) is 48.5 Å². The first kappa shape index (κ1) is 26.5. The number of urea groups is 1. The van der Waals surface area contributed by atoms with Gasteiger partial charge in [0.2, 0.25) is 5.91 Å². The van der Waals surface area contributed by atoms with Crippen molar-refractivity contribution < 1.29 is 14.4 Å². The first-order chi connectivity index (χ1) is 17.6. The van der Waals surface area contributed by atoms with E-state index in [1.807, 2.05) is 68.1 Å². The van der Waals surface area contributed by atoms with Crippen LogP contribution in [0.5, 0.6) is 0 Å². The molecule has 0 unspecified atom stereocenters. The van der Waals surface area contributed by atoms with E-state index >= 15 is 0 Å². The van der Waals surface area contributed by atoms with E-state index in [9.17, 15) is 14.4 Å². The molecule has 37 heavy (non-hydrogen) atoms. The van der Waals surface area contributed by atoms with Crippen molar-refractivity contribution in [2.24, 2.45) is 5.92 Å². The monoisotopic (exact) mass is 505 g/mol. The summed E-state index contributed by atoms with van der Waals surface area (Å²) in [5, 5.41) is 6.03. The van der Waals surface area contributed by atoms with E-state index in [0.29, 0.717) is 37.4 Å². The first-order valence-electron chi connectivity index (χ1n) is 13.2. The summed E-state index contributed by atoms with van der Waals surface area (Å²) in [6.45, 7) is 8.98. The van der Waals surface area contributed by atoms with E-state index in [2.05, 4.69) is 15.5 Å². The molecule has 1 aliphatic carbocycles. The minimum absolute atomic E-state index is 0.0130. The van der Waals surface area contributed by atoms with Crippen LogP contribution in [0.2, 0.25) is 0 Å². The molecule has 2 aliphatic rings. The molecule has 2 N–H and O–H groups in total. The molecule has 0 radical (unpaired) electrons. The van der Waals surface area contributed by atoms with E-state index in [-0.39, 0.29) is 29.3 Å². The topological polar surface area (TPSA) is 85.0 Å². The Morgan fingerprint density at radius 3 is 2.38 bits per heavy atom. The molecular weight excluding hydrogens is 466 g/mol. The van der Waals surface area contributed by atoms with Gasteiger partial charge in [0.1, 0.15) is 0 Å². The summed E-state index contributed by atoms with van der Waals surface area (Å²) in [5.74, 6) is -0.0116. The van der Waals surface area contributed by atoms with Gasteiger partial charge < -0.3 is 25.3 Å². The molecule has 2 aromatic rings. The number of hydrogen-bond acceptors (Lipinski definition) is 4. The summed E-state index contributed by atoms with van der Waals surface area (Å²) in [7, 11) is 1.80. The minimum Gasteiger partial charge on any atom is -0.369 e. The summed E-state index contributed by atoms with van der Waals surface area (Å²) in [6.07, 6.45) is 2.64. The van der Waals surface area contributed by atoms with Crippen LogP contribution in [0.25, 0.3) is 0 Å². The Kier molecular flexibility index (Phi) is 8.05. The molecule has 1 heterocycles. The fraction of sp³-hybridized carbons (Fsp3) is 0.483. The summed E-state index contributed by atoms with van der Waals surface area (Å²) in [6, 6.07) is 15.4. The van der Waals surface area contributed by atoms with Crippen LogP contribution < -0.4 is 15.5 Å². The SMILES string of the molecule is CN(Cc1ccccc1)C(=O)c1cc(NC(=O)C2CC2)ccc1N1CCCN(C(=O)NC(C)(C)C)CC1. The van der Waals surface area contributed by atoms with Crippen molar-refractivity contribution in [3.63, 3.8) is 0 Å². The van der Waals surface area contributed by atoms with Gasteiger partial charge >= 0.3 is 6.03 Å². The molecule has 4 rings (SSSR count). The zero-order valence-corrected chi connectivity index (χ0v) is 22.4. The van der Waals surface area contributed by atoms with E-state index < -0.39 is 0 Å². The maximum Gasteiger partial charge on any atom is 0.317 e. The lowest BCUT2D eigenvalue weighted by Gasteiger charge is -2.29. The summed E-state index contributed by atoms with van der Waals surface area (Å²) >= 11 is 0. The van der Waals surface area contributed by atoms with Gasteiger partial charge in [-0.05, 0) is 63.8 Å². The molecule has 0 spiro atoms. The lowest BCUT2D eigenvalue weighted by atomic mass is 10.1. The quantitative estimate of drug-likeness (QED) is 0.612. The van der Waals surface area contributed by atoms with Gasteiger partial charge in [-0.1, -0.05) is 30.3 Å². The molecule has 4 amide bonds. The maximum atomic E-state index is 13.7. The molecule has 8 heteroatoms. The third kappa shape index (κ3) is 7.24. The van der Waals surface area contributed by atoms with E-state index in [1.165, 1.54) is 0 Å². The largest absolute Gasteiger partial charge is 0.369 e. The normalized spacial score (nSPS) is 16.1. The summed E-state index contributed by atoms with van der Waals surface area (Å²) in [5.41, 5.74) is 2.77. The molecule has 0 aromatic heterocycles. The van der Waals surface area contributed by atoms with Gasteiger partial charge in [0.15, 0.2) is 0 Å². The minimum atomic E-state index is -0.299. The van der Waals surface area contributed by atoms with E-state index in [1.54, 1.807) is 18.0 Å². The highest BCUT2D eigenvalue weighted by molar-refractivity contribution is 6.02. The number of anilines is 2. The average Bonchev–Trinajstić information content (AvgIpc) is 3.70. The Bertz CT molecular complexity index is 1120. The fourth-order valence-corrected chi connectivity index (χ4v) is 4.55. The van der Waals surface area contributed by atoms with Gasteiger partial charge in [0.05, 0.1) is 5.56 Å². The average molecular weight is 506 g/mol. The van der Waals surface area contributed by atoms with Crippen LogP contribution in [0.4, 0.5) is 16.2 Å². The van der Waals surface area contributed by atoms with Crippen molar-refractivity contribution >= 4 is 29.2 Å². The van der Waals surface area contributed by atoms with E-state index in [0.717, 1.165) is 37.1 Å². The Hall–Kier alpha value is -3.55. The number of benzene rings is 2. The second-order valence-electron chi connectivity index (χ2n) is 11.2. The molecular formula is C29H39N5O3. The molecule has 1 saturated heterocycles. The first-order valence-corrected chi connectivity index (χ1v) is 13.2. The zero-order chi connectivity index (χ0) is 26.6. The Labute approximate surface area is 220 Å². The molecule has 2 aromatic carbocycles. The van der Waals surface area contributed by atoms with Crippen molar-refractivity contribution in [3.05, 3.63) is 59.7 Å². The second kappa shape index (κ2) is 11.2. The van der Waals surface area contributed by atoms with Crippen molar-refractivity contribution in [1.82, 2.24) is 15.1 Å². The Balaban J connectivity index is 1.55. The number of rotatable bonds is 6. The van der Waals surface area contributed by atoms with Crippen LogP contribution in [-0.2, 0) is 11.3 Å². The van der Waals surface area contributed by atoms with Gasteiger partial charge in [0.25, 0.3) is 5.91 Å². The third-order valence-electron chi connectivity index (χ3n) is 6.66. The van der Waals surface area contributed by atoms with Crippen LogP contribution in [-0.4, -0.2) is 66.4 Å². The number of nitrogens with zero attached hydrogens (tertiary/aromatic N) is 3. The van der Waals surface area contributed by atoms with Gasteiger partial charge in [0, 0.05) is 62.6 Å². The lowest BCUT2D eigenvalue weighted by molar-refractivity contribution is -0.117. The molecule has 1 saturated carbocycles. The van der Waals surface area contributed by atoms with Crippen LogP contribution in [0.1, 0.15) is 56.0 Å². The molecule has 0 bridgehead atoms. The predicted octanol–water partition coefficient (Wildman–Crippen LogP) is 4.33. The molecule has 2 fully saturated rings. The molecule has 1 aliphatic heterocycles. The smallest absolute Gasteiger partial charge is 0.317 e. The van der Waals surface area contributed by atoms with Gasteiger partial charge in [-0.2, -0.15) is 0 Å². The molecule has 0 atom stereocenters. The maximum absolute atomic E-state index is 13.7. The van der Waals surface area contributed by atoms with Gasteiger partial charge in [-0.3, -0.25) is 9.59 Å². The lowest BCUT2D eigenvalue weighted by Crippen LogP contribution is -2.49. The third-order valence-corrected chi connectivity index (χ3v) is 6.66. The van der Waals surface area contributed by atoms with Crippen molar-refractivity contribution in [2.45, 2.75) is 52.1 Å². The fourth-order valence-electron chi connectivity index (χ4n) is 4.55. The van der Waals surface area contributed by atoms with E-state index in [4.69, 9.17) is 0 Å². The zero-order valence-electron chi connectivity index (χ0n) is 22.4. The second-order valence-corrected chi connectivity index (χ2v) is 11.2. The standard InChI is InChI=1S/C29H39N5O3/c1-29(2,3)31-28(37)34-16-8-15-33(17-18-34)25-14-13-23(30-26(35)22-11-12-22)19-24(25)27(36)32(4)20-21-9-6-5-7-10-21/h5-7,9-10,13-14,19,22H,8,11-12,15-18,20H2,1-4H3,(H,30,35)(H,31,37). The van der Waals surface area contributed by atoms with Crippen molar-refractivity contribution in [3.8, 4) is 0 Å². The summed E-state index contributed by atoms with van der Waals surface area (Å²) in [4.78, 5) is 44.6. The van der Waals surface area contributed by atoms with Crippen LogP contribution in [0, 0.1) is 5.92 Å². The number of hydrogen-bond donors (Lipinski definition) is 2. The van der Waals surface area contributed by atoms with Gasteiger partial charge in [-0.15, -0.1) is 0 Å². The number of carbonyl (C=O) groups is 3. The van der Waals surface area contributed by atoms with Crippen LogP contribution in [0.3, 0.4) is 0 Å². The highest BCUT2D eigenvalue weighted by Gasteiger charge is 2.30. The molecule has 198 valence electrons. The number of carbonyl (C=O) groups excluding carboxylic acids is 3. The number of nitrogens with one attached hydrogen (secondary N) is 2. The number of amides is 4. The van der Waals surface area contributed by atoms with Crippen molar-refractivity contribution in [1.29, 1.82) is 0 Å². The highest BCUT2D eigenvalue weighted by atomic mass is 16.2. The predicted molar refractivity (Wildman–Crippen MR) is 147 cm³/mol. The Morgan fingerprint density at radius 1 is 0.973 bits per heavy atom. The van der Waals surface area contributed by atoms with Crippen LogP contribution >= 0.6 is 0 Å². The Morgan fingerprint density at radius 2 is 1.70 bits per heavy atom. The summed E-state index contributed by atoms with van der Waals surface area (Å²) < 4.78 is 0.